The lowest BCUT2D eigenvalue weighted by Gasteiger charge is -2.61. The van der Waals surface area contributed by atoms with Gasteiger partial charge in [0.1, 0.15) is 5.76 Å². The smallest absolute Gasteiger partial charge is 0.490 e. The number of carbonyl (C=O) groups excluding carboxylic acids is 2. The number of likely N-dealkylation sites (N-methyl/N-ethyl adjacent to an activating group) is 1. The number of rotatable bonds is 5. The summed E-state index contributed by atoms with van der Waals surface area (Å²) in [6.07, 6.45) is -5.51. The van der Waals surface area contributed by atoms with Crippen LogP contribution in [0.2, 0.25) is 0 Å². The highest BCUT2D eigenvalue weighted by Gasteiger charge is 2.72. The van der Waals surface area contributed by atoms with E-state index in [-0.39, 0.29) is 29.7 Å². The third kappa shape index (κ3) is 4.62. The minimum Gasteiger partial charge on any atom is -0.504 e. The number of phenols is 1. The van der Waals surface area contributed by atoms with Crippen molar-refractivity contribution in [3.8, 4) is 11.5 Å². The molecule has 0 radical (unpaired) electrons. The largest absolute Gasteiger partial charge is 0.504 e. The molecule has 4 aliphatic rings. The lowest BCUT2D eigenvalue weighted by Crippen LogP contribution is -2.74. The number of carbonyl (C=O) groups is 4. The molecule has 2 aliphatic heterocycles. The first kappa shape index (κ1) is 29.1. The number of piperidine rings is 1. The first-order chi connectivity index (χ1) is 18.5. The highest BCUT2D eigenvalue weighted by atomic mass is 19.4. The van der Waals surface area contributed by atoms with Crippen molar-refractivity contribution < 1.29 is 67.0 Å². The van der Waals surface area contributed by atoms with Crippen LogP contribution in [0.3, 0.4) is 0 Å². The average Bonchev–Trinajstić information content (AvgIpc) is 3.19. The maximum absolute atomic E-state index is 12.8. The maximum atomic E-state index is 12.8. The second kappa shape index (κ2) is 9.96. The van der Waals surface area contributed by atoms with Gasteiger partial charge in [-0.05, 0) is 44.1 Å². The number of carboxylic acid groups (broad SMARTS) is 2. The van der Waals surface area contributed by atoms with Crippen LogP contribution in [0.4, 0.5) is 13.2 Å². The van der Waals surface area contributed by atoms with Gasteiger partial charge in [-0.1, -0.05) is 6.07 Å². The molecule has 40 heavy (non-hydrogen) atoms. The van der Waals surface area contributed by atoms with Crippen molar-refractivity contribution in [3.05, 3.63) is 35.1 Å². The number of benzene rings is 1. The Labute approximate surface area is 224 Å². The molecule has 5 rings (SSSR count). The molecule has 1 aromatic rings. The van der Waals surface area contributed by atoms with E-state index in [0.717, 1.165) is 18.1 Å². The molecule has 0 amide bonds. The molecule has 1 saturated heterocycles. The number of aliphatic carboxylic acids is 2. The molecule has 218 valence electrons. The molecular weight excluding hydrogens is 547 g/mol. The molecule has 15 heteroatoms. The van der Waals surface area contributed by atoms with E-state index in [0.29, 0.717) is 19.4 Å². The number of alkyl halides is 3. The Morgan fingerprint density at radius 2 is 1.88 bits per heavy atom. The summed E-state index contributed by atoms with van der Waals surface area (Å²) in [5.74, 6) is -5.62. The lowest BCUT2D eigenvalue weighted by molar-refractivity contribution is -0.192. The third-order valence-electron chi connectivity index (χ3n) is 7.75. The highest BCUT2D eigenvalue weighted by Crippen LogP contribution is 2.65. The first-order valence-electron chi connectivity index (χ1n) is 12.1. The van der Waals surface area contributed by atoms with E-state index in [1.807, 2.05) is 13.1 Å². The van der Waals surface area contributed by atoms with Gasteiger partial charge in [0.25, 0.3) is 0 Å². The molecule has 2 aliphatic carbocycles. The number of phenolic OH excluding ortho intramolecular Hbond substituents is 1. The van der Waals surface area contributed by atoms with Gasteiger partial charge in [0, 0.05) is 24.9 Å². The van der Waals surface area contributed by atoms with Crippen molar-refractivity contribution in [1.29, 1.82) is 0 Å². The molecule has 1 spiro atoms. The fraction of sp³-hybridized carbons (Fsp3) is 0.520. The van der Waals surface area contributed by atoms with Crippen molar-refractivity contribution in [3.63, 3.8) is 0 Å². The van der Waals surface area contributed by atoms with Crippen LogP contribution in [0.25, 0.3) is 0 Å². The summed E-state index contributed by atoms with van der Waals surface area (Å²) in [7, 11) is 1.96. The number of carboxylic acids is 2. The SMILES string of the molecule is CC(=O)OC(CC(=O)O)C(=O)OC1=CC[C@@]2(O)[C@H]3Cc4ccc(O)c5c4[C@@]2(CCN3C)[C@H]1O5.O=C(O)C(F)(F)F. The predicted molar refractivity (Wildman–Crippen MR) is 124 cm³/mol. The highest BCUT2D eigenvalue weighted by molar-refractivity contribution is 5.84. The molecule has 2 heterocycles. The van der Waals surface area contributed by atoms with Crippen molar-refractivity contribution in [2.45, 2.75) is 68.0 Å². The van der Waals surface area contributed by atoms with Gasteiger partial charge in [0.05, 0.1) is 17.4 Å². The first-order valence-corrected chi connectivity index (χ1v) is 12.1. The minimum absolute atomic E-state index is 0.0633. The van der Waals surface area contributed by atoms with Crippen molar-refractivity contribution in [2.24, 2.45) is 0 Å². The van der Waals surface area contributed by atoms with E-state index in [1.165, 1.54) is 0 Å². The summed E-state index contributed by atoms with van der Waals surface area (Å²) >= 11 is 0. The van der Waals surface area contributed by atoms with Gasteiger partial charge < -0.3 is 39.5 Å². The number of hydrogen-bond acceptors (Lipinski definition) is 10. The lowest BCUT2D eigenvalue weighted by atomic mass is 9.50. The number of likely N-dealkylation sites (tertiary alicyclic amines) is 1. The fourth-order valence-corrected chi connectivity index (χ4v) is 6.15. The monoisotopic (exact) mass is 573 g/mol. The molecular formula is C25H26F3NO11. The Bertz CT molecular complexity index is 1280. The Kier molecular flexibility index (Phi) is 7.26. The molecule has 1 unspecified atom stereocenters. The van der Waals surface area contributed by atoms with Crippen molar-refractivity contribution in [2.75, 3.05) is 13.6 Å². The summed E-state index contributed by atoms with van der Waals surface area (Å²) in [5, 5.41) is 38.8. The topological polar surface area (TPSA) is 180 Å². The summed E-state index contributed by atoms with van der Waals surface area (Å²) in [4.78, 5) is 46.3. The summed E-state index contributed by atoms with van der Waals surface area (Å²) < 4.78 is 48.3. The molecule has 0 saturated carbocycles. The number of aliphatic hydroxyl groups is 1. The number of nitrogens with zero attached hydrogens (tertiary/aromatic N) is 1. The Morgan fingerprint density at radius 3 is 2.45 bits per heavy atom. The Balaban J connectivity index is 0.000000470. The van der Waals surface area contributed by atoms with Gasteiger partial charge >= 0.3 is 30.1 Å². The zero-order valence-corrected chi connectivity index (χ0v) is 21.2. The van der Waals surface area contributed by atoms with E-state index < -0.39 is 59.7 Å². The summed E-state index contributed by atoms with van der Waals surface area (Å²) in [6, 6.07) is 3.19. The standard InChI is InChI=1S/C23H25NO9.C2HF3O2/c1-11(25)31-15(10-17(27)28)21(29)32-14-5-6-23(30)16-9-12-3-4-13(26)19-18(12)22(23,20(14)33-19)7-8-24(16)2;3-2(4,5)1(6)7/h3-5,15-16,20,26,30H,6-10H2,1-2H3,(H,27,28);(H,6,7)/t15?,16-,20+,22+,23-;/m1./s1. The van der Waals surface area contributed by atoms with Crippen LogP contribution in [-0.2, 0) is 40.5 Å². The van der Waals surface area contributed by atoms with Gasteiger partial charge in [-0.15, -0.1) is 0 Å². The van der Waals surface area contributed by atoms with Crippen LogP contribution >= 0.6 is 0 Å². The van der Waals surface area contributed by atoms with E-state index >= 15 is 0 Å². The minimum atomic E-state index is -5.08. The Hall–Kier alpha value is -3.85. The zero-order chi connectivity index (χ0) is 29.8. The van der Waals surface area contributed by atoms with Crippen molar-refractivity contribution >= 4 is 23.9 Å². The second-order valence-corrected chi connectivity index (χ2v) is 10.0. The van der Waals surface area contributed by atoms with Gasteiger partial charge in [-0.3, -0.25) is 9.59 Å². The van der Waals surface area contributed by atoms with E-state index in [9.17, 15) is 37.8 Å². The van der Waals surface area contributed by atoms with Crippen LogP contribution < -0.4 is 4.74 Å². The molecule has 4 N–H and O–H groups in total. The fourth-order valence-electron chi connectivity index (χ4n) is 6.15. The quantitative estimate of drug-likeness (QED) is 0.371. The normalized spacial score (nSPS) is 28.5. The molecule has 0 aromatic heterocycles. The zero-order valence-electron chi connectivity index (χ0n) is 21.2. The molecule has 1 fully saturated rings. The molecule has 5 atom stereocenters. The molecule has 1 aromatic carbocycles. The average molecular weight is 573 g/mol. The number of hydrogen-bond donors (Lipinski definition) is 4. The van der Waals surface area contributed by atoms with Crippen molar-refractivity contribution in [1.82, 2.24) is 4.90 Å². The third-order valence-corrected chi connectivity index (χ3v) is 7.75. The summed E-state index contributed by atoms with van der Waals surface area (Å²) in [5.41, 5.74) is -0.464. The van der Waals surface area contributed by atoms with E-state index in [4.69, 9.17) is 29.2 Å². The number of ether oxygens (including phenoxy) is 3. The summed E-state index contributed by atoms with van der Waals surface area (Å²) in [6.45, 7) is 1.74. The molecule has 12 nitrogen and oxygen atoms in total. The second-order valence-electron chi connectivity index (χ2n) is 10.0. The van der Waals surface area contributed by atoms with E-state index in [1.54, 1.807) is 12.1 Å². The predicted octanol–water partition coefficient (Wildman–Crippen LogP) is 1.25. The van der Waals surface area contributed by atoms with Gasteiger partial charge in [-0.2, -0.15) is 13.2 Å². The van der Waals surface area contributed by atoms with Crippen LogP contribution in [0.1, 0.15) is 37.3 Å². The van der Waals surface area contributed by atoms with Crippen LogP contribution in [0.15, 0.2) is 24.0 Å². The van der Waals surface area contributed by atoms with Gasteiger partial charge in [-0.25, -0.2) is 9.59 Å². The van der Waals surface area contributed by atoms with Gasteiger partial charge in [0.15, 0.2) is 17.6 Å². The van der Waals surface area contributed by atoms with Crippen LogP contribution in [0.5, 0.6) is 11.5 Å². The van der Waals surface area contributed by atoms with E-state index in [2.05, 4.69) is 4.90 Å². The van der Waals surface area contributed by atoms with Crippen LogP contribution in [0, 0.1) is 0 Å². The number of aromatic hydroxyl groups is 1. The molecule has 2 bridgehead atoms. The number of halogens is 3. The Morgan fingerprint density at radius 1 is 1.23 bits per heavy atom. The van der Waals surface area contributed by atoms with Gasteiger partial charge in [0.2, 0.25) is 6.10 Å². The van der Waals surface area contributed by atoms with Crippen LogP contribution in [-0.4, -0.2) is 92.8 Å². The number of esters is 2. The maximum Gasteiger partial charge on any atom is 0.490 e.